The van der Waals surface area contributed by atoms with E-state index in [1.165, 1.54) is 27.9 Å². The lowest BCUT2D eigenvalue weighted by Crippen LogP contribution is -2.41. The third-order valence-corrected chi connectivity index (χ3v) is 4.17. The van der Waals surface area contributed by atoms with Crippen molar-refractivity contribution in [2.75, 3.05) is 7.11 Å². The van der Waals surface area contributed by atoms with Gasteiger partial charge in [0.05, 0.1) is 12.7 Å². The van der Waals surface area contributed by atoms with Crippen LogP contribution in [-0.4, -0.2) is 47.1 Å². The van der Waals surface area contributed by atoms with Crippen LogP contribution in [0.15, 0.2) is 6.07 Å². The van der Waals surface area contributed by atoms with Crippen LogP contribution in [0.5, 0.6) is 11.5 Å². The smallest absolute Gasteiger partial charge is 0.342 e. The summed E-state index contributed by atoms with van der Waals surface area (Å²) in [6.07, 6.45) is -0.778. The molecule has 1 aromatic rings. The van der Waals surface area contributed by atoms with Gasteiger partial charge in [0.2, 0.25) is 0 Å². The van der Waals surface area contributed by atoms with E-state index >= 15 is 0 Å². The van der Waals surface area contributed by atoms with Crippen molar-refractivity contribution in [2.45, 2.75) is 58.3 Å². The van der Waals surface area contributed by atoms with Gasteiger partial charge in [-0.2, -0.15) is 0 Å². The average Bonchev–Trinajstić information content (AvgIpc) is 2.46. The Labute approximate surface area is 146 Å². The number of phenolic OH excluding ortho intramolecular Hbond substituents is 1. The monoisotopic (exact) mass is 352 g/mol. The number of aliphatic hydroxyl groups is 1. The van der Waals surface area contributed by atoms with Crippen LogP contribution in [0.3, 0.4) is 0 Å². The van der Waals surface area contributed by atoms with E-state index in [1.807, 2.05) is 0 Å². The lowest BCUT2D eigenvalue weighted by atomic mass is 9.89. The van der Waals surface area contributed by atoms with E-state index in [1.54, 1.807) is 13.0 Å². The molecule has 0 aromatic heterocycles. The number of carbonyl (C=O) groups is 2. The molecule has 25 heavy (non-hydrogen) atoms. The molecule has 138 valence electrons. The zero-order chi connectivity index (χ0) is 18.9. The number of ether oxygens (including phenoxy) is 3. The minimum atomic E-state index is -1.35. The number of phenols is 1. The normalized spacial score (nSPS) is 18.2. The van der Waals surface area contributed by atoms with Gasteiger partial charge >= 0.3 is 11.9 Å². The summed E-state index contributed by atoms with van der Waals surface area (Å²) >= 11 is 0. The second-order valence-electron chi connectivity index (χ2n) is 6.82. The highest BCUT2D eigenvalue weighted by Gasteiger charge is 2.35. The van der Waals surface area contributed by atoms with Gasteiger partial charge in [-0.25, -0.2) is 4.79 Å². The Morgan fingerprint density at radius 1 is 1.48 bits per heavy atom. The van der Waals surface area contributed by atoms with Crippen LogP contribution in [-0.2, 0) is 27.1 Å². The molecule has 1 aliphatic heterocycles. The molecule has 1 unspecified atom stereocenters. The molecule has 2 N–H and O–H groups in total. The molecule has 0 spiro atoms. The number of rotatable bonds is 5. The second kappa shape index (κ2) is 6.92. The predicted octanol–water partition coefficient (Wildman–Crippen LogP) is 1.75. The summed E-state index contributed by atoms with van der Waals surface area (Å²) in [5.41, 5.74) is -0.352. The molecule has 0 aliphatic carbocycles. The number of hydrogen-bond acceptors (Lipinski definition) is 7. The summed E-state index contributed by atoms with van der Waals surface area (Å²) in [6.45, 7) is 6.00. The van der Waals surface area contributed by atoms with Crippen molar-refractivity contribution in [2.24, 2.45) is 0 Å². The predicted molar refractivity (Wildman–Crippen MR) is 88.8 cm³/mol. The lowest BCUT2D eigenvalue weighted by molar-refractivity contribution is -0.159. The van der Waals surface area contributed by atoms with Gasteiger partial charge in [0, 0.05) is 25.3 Å². The molecule has 0 radical (unpaired) electrons. The first-order valence-electron chi connectivity index (χ1n) is 8.06. The van der Waals surface area contributed by atoms with E-state index < -0.39 is 23.6 Å². The molecule has 1 aromatic carbocycles. The first kappa shape index (κ1) is 19.1. The molecule has 0 fully saturated rings. The van der Waals surface area contributed by atoms with E-state index in [2.05, 4.69) is 0 Å². The number of esters is 2. The standard InChI is InChI=1S/C18H24O7/c1-9-6-11-7-13(23-5)12(16(20)15(11)17(21)24-9)8-14(18(3,4)22)25-10(2)19/h7,9,14,20,22H,6,8H2,1-5H3/t9-,14?/m0/s1. The molecule has 0 bridgehead atoms. The molecule has 7 nitrogen and oxygen atoms in total. The molecule has 1 heterocycles. The van der Waals surface area contributed by atoms with Crippen LogP contribution in [0.25, 0.3) is 0 Å². The third-order valence-electron chi connectivity index (χ3n) is 4.17. The van der Waals surface area contributed by atoms with Gasteiger partial charge in [-0.3, -0.25) is 4.79 Å². The van der Waals surface area contributed by atoms with Crippen molar-refractivity contribution in [3.05, 3.63) is 22.8 Å². The first-order valence-corrected chi connectivity index (χ1v) is 8.06. The fraction of sp³-hybridized carbons (Fsp3) is 0.556. The van der Waals surface area contributed by atoms with Gasteiger partial charge in [0.1, 0.15) is 29.3 Å². The van der Waals surface area contributed by atoms with Crippen molar-refractivity contribution in [1.82, 2.24) is 0 Å². The van der Waals surface area contributed by atoms with Crippen molar-refractivity contribution in [3.8, 4) is 11.5 Å². The van der Waals surface area contributed by atoms with Crippen molar-refractivity contribution in [1.29, 1.82) is 0 Å². The molecule has 2 rings (SSSR count). The van der Waals surface area contributed by atoms with Crippen LogP contribution in [0.4, 0.5) is 0 Å². The van der Waals surface area contributed by atoms with Crippen molar-refractivity contribution >= 4 is 11.9 Å². The van der Waals surface area contributed by atoms with Gasteiger partial charge in [-0.05, 0) is 32.4 Å². The third kappa shape index (κ3) is 4.04. The minimum Gasteiger partial charge on any atom is -0.507 e. The Balaban J connectivity index is 2.51. The number of cyclic esters (lactones) is 1. The minimum absolute atomic E-state index is 0.0196. The number of aromatic hydroxyl groups is 1. The Morgan fingerprint density at radius 3 is 2.64 bits per heavy atom. The molecule has 0 saturated heterocycles. The number of carbonyl (C=O) groups excluding carboxylic acids is 2. The first-order chi connectivity index (χ1) is 11.5. The van der Waals surface area contributed by atoms with Gasteiger partial charge < -0.3 is 24.4 Å². The number of methoxy groups -OCH3 is 1. The summed E-state index contributed by atoms with van der Waals surface area (Å²) in [7, 11) is 1.44. The Hall–Kier alpha value is -2.28. The number of hydrogen-bond donors (Lipinski definition) is 2. The maximum atomic E-state index is 12.2. The molecular weight excluding hydrogens is 328 g/mol. The zero-order valence-corrected chi connectivity index (χ0v) is 15.1. The lowest BCUT2D eigenvalue weighted by Gasteiger charge is -2.30. The van der Waals surface area contributed by atoms with E-state index in [0.29, 0.717) is 17.7 Å². The van der Waals surface area contributed by atoms with Crippen molar-refractivity contribution < 1.29 is 34.0 Å². The summed E-state index contributed by atoms with van der Waals surface area (Å²) in [4.78, 5) is 23.5. The summed E-state index contributed by atoms with van der Waals surface area (Å²) in [5, 5.41) is 20.9. The fourth-order valence-electron chi connectivity index (χ4n) is 2.92. The van der Waals surface area contributed by atoms with Crippen LogP contribution in [0, 0.1) is 0 Å². The zero-order valence-electron chi connectivity index (χ0n) is 15.1. The Morgan fingerprint density at radius 2 is 2.12 bits per heavy atom. The molecule has 1 aliphatic rings. The van der Waals surface area contributed by atoms with Crippen LogP contribution in [0.2, 0.25) is 0 Å². The van der Waals surface area contributed by atoms with Gasteiger partial charge in [0.25, 0.3) is 0 Å². The Bertz CT molecular complexity index is 688. The van der Waals surface area contributed by atoms with Gasteiger partial charge in [0.15, 0.2) is 0 Å². The quantitative estimate of drug-likeness (QED) is 0.778. The Kier molecular flexibility index (Phi) is 5.27. The van der Waals surface area contributed by atoms with Crippen LogP contribution >= 0.6 is 0 Å². The largest absolute Gasteiger partial charge is 0.507 e. The molecular formula is C18H24O7. The summed E-state index contributed by atoms with van der Waals surface area (Å²) < 4.78 is 15.7. The molecule has 0 amide bonds. The highest BCUT2D eigenvalue weighted by molar-refractivity contribution is 5.96. The van der Waals surface area contributed by atoms with E-state index in [-0.39, 0.29) is 29.4 Å². The fourth-order valence-corrected chi connectivity index (χ4v) is 2.92. The maximum Gasteiger partial charge on any atom is 0.342 e. The van der Waals surface area contributed by atoms with Gasteiger partial charge in [-0.1, -0.05) is 0 Å². The average molecular weight is 352 g/mol. The molecule has 2 atom stereocenters. The second-order valence-corrected chi connectivity index (χ2v) is 6.82. The summed E-state index contributed by atoms with van der Waals surface area (Å²) in [5.74, 6) is -1.08. The molecule has 0 saturated carbocycles. The van der Waals surface area contributed by atoms with Crippen molar-refractivity contribution in [3.63, 3.8) is 0 Å². The topological polar surface area (TPSA) is 102 Å². The highest BCUT2D eigenvalue weighted by Crippen LogP contribution is 2.39. The SMILES string of the molecule is COc1cc2c(c(O)c1CC(OC(C)=O)C(C)(C)O)C(=O)O[C@@H](C)C2. The highest BCUT2D eigenvalue weighted by atomic mass is 16.6. The van der Waals surface area contributed by atoms with Crippen LogP contribution in [0.1, 0.15) is 49.2 Å². The molecule has 7 heteroatoms. The maximum absolute atomic E-state index is 12.2. The van der Waals surface area contributed by atoms with E-state index in [0.717, 1.165) is 0 Å². The number of benzene rings is 1. The summed E-state index contributed by atoms with van der Waals surface area (Å²) in [6, 6.07) is 1.68. The van der Waals surface area contributed by atoms with Gasteiger partial charge in [-0.15, -0.1) is 0 Å². The van der Waals surface area contributed by atoms with Crippen LogP contribution < -0.4 is 4.74 Å². The van der Waals surface area contributed by atoms with E-state index in [9.17, 15) is 19.8 Å². The van der Waals surface area contributed by atoms with E-state index in [4.69, 9.17) is 14.2 Å². The number of fused-ring (bicyclic) bond motifs is 1.